The van der Waals surface area contributed by atoms with E-state index < -0.39 is 18.5 Å². The average molecular weight is 315 g/mol. The van der Waals surface area contributed by atoms with Crippen molar-refractivity contribution < 1.29 is 18.0 Å². The largest absolute Gasteiger partial charge is 0.389 e. The maximum Gasteiger partial charge on any atom is 0.389 e. The van der Waals surface area contributed by atoms with Crippen LogP contribution in [0.3, 0.4) is 0 Å². The molecule has 4 nitrogen and oxygen atoms in total. The van der Waals surface area contributed by atoms with Gasteiger partial charge in [-0.15, -0.1) is 0 Å². The molecule has 1 aromatic carbocycles. The van der Waals surface area contributed by atoms with E-state index in [9.17, 15) is 18.0 Å². The fourth-order valence-electron chi connectivity index (χ4n) is 1.75. The number of nitrogens with zero attached hydrogens (tertiary/aromatic N) is 2. The van der Waals surface area contributed by atoms with Gasteiger partial charge in [-0.25, -0.2) is 4.98 Å². The third-order valence-corrected chi connectivity index (χ3v) is 3.41. The second-order valence-electron chi connectivity index (χ2n) is 4.37. The van der Waals surface area contributed by atoms with E-state index in [1.165, 1.54) is 12.1 Å². The quantitative estimate of drug-likeness (QED) is 0.938. The Bertz CT molecular complexity index is 640. The molecule has 0 saturated heterocycles. The minimum absolute atomic E-state index is 0.217. The van der Waals surface area contributed by atoms with Crippen LogP contribution >= 0.6 is 11.5 Å². The fourth-order valence-corrected chi connectivity index (χ4v) is 2.32. The van der Waals surface area contributed by atoms with Crippen molar-refractivity contribution in [1.29, 1.82) is 0 Å². The van der Waals surface area contributed by atoms with Crippen LogP contribution in [-0.2, 0) is 6.42 Å². The molecular weight excluding hydrogens is 303 g/mol. The van der Waals surface area contributed by atoms with Gasteiger partial charge in [0.1, 0.15) is 5.82 Å². The molecule has 2 aromatic rings. The van der Waals surface area contributed by atoms with Crippen molar-refractivity contribution in [2.24, 2.45) is 0 Å². The SMILES string of the molecule is Cc1nsc(NC(=O)c2ccccc2CCC(F)(F)F)n1. The number of alkyl halides is 3. The predicted molar refractivity (Wildman–Crippen MR) is 73.4 cm³/mol. The number of rotatable bonds is 4. The molecule has 0 saturated carbocycles. The van der Waals surface area contributed by atoms with E-state index in [0.717, 1.165) is 11.5 Å². The Morgan fingerprint density at radius 3 is 2.67 bits per heavy atom. The fraction of sp³-hybridized carbons (Fsp3) is 0.308. The van der Waals surface area contributed by atoms with Gasteiger partial charge in [-0.1, -0.05) is 18.2 Å². The molecule has 0 aliphatic rings. The summed E-state index contributed by atoms with van der Waals surface area (Å²) in [7, 11) is 0. The second-order valence-corrected chi connectivity index (χ2v) is 5.13. The van der Waals surface area contributed by atoms with E-state index in [1.807, 2.05) is 0 Å². The Labute approximate surface area is 123 Å². The normalized spacial score (nSPS) is 11.4. The molecule has 0 aliphatic heterocycles. The van der Waals surface area contributed by atoms with Crippen molar-refractivity contribution in [2.75, 3.05) is 5.32 Å². The Morgan fingerprint density at radius 1 is 1.33 bits per heavy atom. The average Bonchev–Trinajstić information content (AvgIpc) is 2.81. The molecule has 0 aliphatic carbocycles. The molecule has 0 fully saturated rings. The number of benzene rings is 1. The van der Waals surface area contributed by atoms with Gasteiger partial charge in [0.05, 0.1) is 0 Å². The van der Waals surface area contributed by atoms with Crippen molar-refractivity contribution in [3.05, 3.63) is 41.2 Å². The Kier molecular flexibility index (Phi) is 4.56. The van der Waals surface area contributed by atoms with Crippen molar-refractivity contribution in [2.45, 2.75) is 25.9 Å². The maximum absolute atomic E-state index is 12.3. The van der Waals surface area contributed by atoms with Crippen LogP contribution in [0.2, 0.25) is 0 Å². The summed E-state index contributed by atoms with van der Waals surface area (Å²) in [5, 5.41) is 2.86. The van der Waals surface area contributed by atoms with E-state index in [0.29, 0.717) is 16.5 Å². The Hall–Kier alpha value is -1.96. The molecule has 2 rings (SSSR count). The highest BCUT2D eigenvalue weighted by Crippen LogP contribution is 2.24. The number of halogens is 3. The lowest BCUT2D eigenvalue weighted by molar-refractivity contribution is -0.134. The molecule has 1 amide bonds. The van der Waals surface area contributed by atoms with Crippen LogP contribution in [-0.4, -0.2) is 21.4 Å². The first-order chi connectivity index (χ1) is 9.85. The van der Waals surface area contributed by atoms with Gasteiger partial charge in [0, 0.05) is 23.5 Å². The van der Waals surface area contributed by atoms with Crippen LogP contribution in [0.5, 0.6) is 0 Å². The third kappa shape index (κ3) is 4.52. The van der Waals surface area contributed by atoms with Crippen molar-refractivity contribution in [1.82, 2.24) is 9.36 Å². The summed E-state index contributed by atoms with van der Waals surface area (Å²) in [6, 6.07) is 6.23. The summed E-state index contributed by atoms with van der Waals surface area (Å²) in [4.78, 5) is 16.1. The van der Waals surface area contributed by atoms with Crippen molar-refractivity contribution in [3.8, 4) is 0 Å². The predicted octanol–water partition coefficient (Wildman–Crippen LogP) is 3.59. The zero-order valence-corrected chi connectivity index (χ0v) is 11.9. The first kappa shape index (κ1) is 15.4. The number of aromatic nitrogens is 2. The summed E-state index contributed by atoms with van der Waals surface area (Å²) in [5.41, 5.74) is 0.572. The van der Waals surface area contributed by atoms with Gasteiger partial charge in [-0.2, -0.15) is 17.5 Å². The lowest BCUT2D eigenvalue weighted by Gasteiger charge is -2.10. The molecule has 1 N–H and O–H groups in total. The van der Waals surface area contributed by atoms with Gasteiger partial charge in [-0.3, -0.25) is 10.1 Å². The van der Waals surface area contributed by atoms with Crippen molar-refractivity contribution >= 4 is 22.6 Å². The molecular formula is C13H12F3N3OS. The topological polar surface area (TPSA) is 54.9 Å². The highest BCUT2D eigenvalue weighted by molar-refractivity contribution is 7.09. The third-order valence-electron chi connectivity index (χ3n) is 2.69. The molecule has 112 valence electrons. The van der Waals surface area contributed by atoms with Crippen LogP contribution in [0, 0.1) is 6.92 Å². The van der Waals surface area contributed by atoms with Crippen LogP contribution < -0.4 is 5.32 Å². The van der Waals surface area contributed by atoms with Gasteiger partial charge >= 0.3 is 6.18 Å². The number of aryl methyl sites for hydroxylation is 2. The highest BCUT2D eigenvalue weighted by atomic mass is 32.1. The van der Waals surface area contributed by atoms with E-state index in [2.05, 4.69) is 14.7 Å². The standard InChI is InChI=1S/C13H12F3N3OS/c1-8-17-12(21-19-8)18-11(20)10-5-3-2-4-9(10)6-7-13(14,15)16/h2-5H,6-7H2,1H3,(H,17,18,19,20). The van der Waals surface area contributed by atoms with E-state index >= 15 is 0 Å². The number of hydrogen-bond donors (Lipinski definition) is 1. The molecule has 1 aromatic heterocycles. The summed E-state index contributed by atoms with van der Waals surface area (Å²) in [6.45, 7) is 1.68. The number of anilines is 1. The van der Waals surface area contributed by atoms with Crippen LogP contribution in [0.1, 0.15) is 28.2 Å². The van der Waals surface area contributed by atoms with Crippen LogP contribution in [0.4, 0.5) is 18.3 Å². The van der Waals surface area contributed by atoms with Crippen molar-refractivity contribution in [3.63, 3.8) is 0 Å². The molecule has 1 heterocycles. The lowest BCUT2D eigenvalue weighted by atomic mass is 10.0. The first-order valence-electron chi connectivity index (χ1n) is 6.11. The number of nitrogens with one attached hydrogen (secondary N) is 1. The zero-order chi connectivity index (χ0) is 15.5. The minimum Gasteiger partial charge on any atom is -0.297 e. The van der Waals surface area contributed by atoms with Gasteiger partial charge in [0.25, 0.3) is 5.91 Å². The summed E-state index contributed by atoms with van der Waals surface area (Å²) < 4.78 is 40.8. The molecule has 0 bridgehead atoms. The summed E-state index contributed by atoms with van der Waals surface area (Å²) in [5.74, 6) is 0.0459. The van der Waals surface area contributed by atoms with Crippen LogP contribution in [0.25, 0.3) is 0 Å². The van der Waals surface area contributed by atoms with Gasteiger partial charge in [0.2, 0.25) is 5.13 Å². The van der Waals surface area contributed by atoms with Gasteiger partial charge in [-0.05, 0) is 25.0 Å². The van der Waals surface area contributed by atoms with E-state index in [-0.39, 0.29) is 12.0 Å². The van der Waals surface area contributed by atoms with Gasteiger partial charge < -0.3 is 0 Å². The molecule has 0 radical (unpaired) electrons. The molecule has 8 heteroatoms. The Balaban J connectivity index is 2.13. The monoisotopic (exact) mass is 315 g/mol. The Morgan fingerprint density at radius 2 is 2.05 bits per heavy atom. The summed E-state index contributed by atoms with van der Waals surface area (Å²) in [6.07, 6.45) is -5.45. The number of amides is 1. The molecule has 0 spiro atoms. The molecule has 0 unspecified atom stereocenters. The highest BCUT2D eigenvalue weighted by Gasteiger charge is 2.27. The number of hydrogen-bond acceptors (Lipinski definition) is 4. The van der Waals surface area contributed by atoms with E-state index in [4.69, 9.17) is 0 Å². The molecule has 0 atom stereocenters. The smallest absolute Gasteiger partial charge is 0.297 e. The zero-order valence-electron chi connectivity index (χ0n) is 11.1. The van der Waals surface area contributed by atoms with Crippen LogP contribution in [0.15, 0.2) is 24.3 Å². The number of carbonyl (C=O) groups excluding carboxylic acids is 1. The number of carbonyl (C=O) groups is 1. The van der Waals surface area contributed by atoms with Gasteiger partial charge in [0.15, 0.2) is 0 Å². The lowest BCUT2D eigenvalue weighted by Crippen LogP contribution is -2.16. The van der Waals surface area contributed by atoms with E-state index in [1.54, 1.807) is 19.1 Å². The first-order valence-corrected chi connectivity index (χ1v) is 6.89. The second kappa shape index (κ2) is 6.21. The summed E-state index contributed by atoms with van der Waals surface area (Å²) >= 11 is 1.02. The minimum atomic E-state index is -4.25. The molecule has 21 heavy (non-hydrogen) atoms. The maximum atomic E-state index is 12.3.